The molecule has 1 radical (unpaired) electrons. The molecule has 1 aromatic carbocycles. The quantitative estimate of drug-likeness (QED) is 0.711. The summed E-state index contributed by atoms with van der Waals surface area (Å²) in [5.41, 5.74) is 0.0952. The van der Waals surface area contributed by atoms with Gasteiger partial charge in [-0.3, -0.25) is 0 Å². The van der Waals surface area contributed by atoms with Gasteiger partial charge in [0.05, 0.1) is 0 Å². The molecule has 0 aliphatic carbocycles. The van der Waals surface area contributed by atoms with Gasteiger partial charge in [-0.15, -0.1) is 11.6 Å². The van der Waals surface area contributed by atoms with Gasteiger partial charge in [0, 0.05) is 16.5 Å². The highest BCUT2D eigenvalue weighted by molar-refractivity contribution is 6.31. The number of alkyl halides is 4. The maximum atomic E-state index is 12.1. The van der Waals surface area contributed by atoms with Crippen LogP contribution in [0, 0.1) is 0 Å². The molecule has 15 heavy (non-hydrogen) atoms. The Labute approximate surface area is 94.4 Å². The second-order valence-electron chi connectivity index (χ2n) is 2.91. The van der Waals surface area contributed by atoms with Gasteiger partial charge in [0.1, 0.15) is 0 Å². The van der Waals surface area contributed by atoms with Crippen LogP contribution >= 0.6 is 23.2 Å². The van der Waals surface area contributed by atoms with E-state index >= 15 is 0 Å². The van der Waals surface area contributed by atoms with E-state index in [4.69, 9.17) is 23.2 Å². The third-order valence-corrected chi connectivity index (χ3v) is 2.43. The fourth-order valence-corrected chi connectivity index (χ4v) is 1.51. The Morgan fingerprint density at radius 2 is 1.93 bits per heavy atom. The van der Waals surface area contributed by atoms with Gasteiger partial charge in [-0.2, -0.15) is 13.2 Å². The number of rotatable bonds is 2. The maximum absolute atomic E-state index is 12.1. The summed E-state index contributed by atoms with van der Waals surface area (Å²) in [6.45, 7) is 0. The molecule has 1 atom stereocenters. The van der Waals surface area contributed by atoms with Gasteiger partial charge in [0.15, 0.2) is 0 Å². The fraction of sp³-hybridized carbons (Fsp3) is 0.333. The minimum Gasteiger partial charge on any atom is -0.218 e. The molecule has 0 aromatic heterocycles. The minimum atomic E-state index is -4.83. The third-order valence-electron chi connectivity index (χ3n) is 1.80. The van der Waals surface area contributed by atoms with Crippen molar-refractivity contribution in [3.63, 3.8) is 0 Å². The average molecular weight is 258 g/mol. The van der Waals surface area contributed by atoms with Crippen molar-refractivity contribution in [2.75, 3.05) is 0 Å². The standard InChI is InChI=1S/C9H6Cl2F3O/c10-4-5-1-2-6(7(11)3-5)8(15)9(12,13)14/h1-3,8H,4H2. The Morgan fingerprint density at radius 3 is 2.33 bits per heavy atom. The normalized spacial score (nSPS) is 14.0. The molecular weight excluding hydrogens is 252 g/mol. The molecule has 0 saturated carbocycles. The van der Waals surface area contributed by atoms with Crippen LogP contribution in [0.5, 0.6) is 0 Å². The zero-order valence-corrected chi connectivity index (χ0v) is 8.83. The molecule has 0 saturated heterocycles. The molecule has 83 valence electrons. The Hall–Kier alpha value is -0.450. The van der Waals surface area contributed by atoms with Gasteiger partial charge >= 0.3 is 6.18 Å². The molecule has 0 spiro atoms. The fourth-order valence-electron chi connectivity index (χ4n) is 1.04. The molecule has 1 aromatic rings. The summed E-state index contributed by atoms with van der Waals surface area (Å²) in [7, 11) is 0. The summed E-state index contributed by atoms with van der Waals surface area (Å²) in [5, 5.41) is 10.7. The first-order valence-corrected chi connectivity index (χ1v) is 4.84. The van der Waals surface area contributed by atoms with Crippen molar-refractivity contribution in [3.05, 3.63) is 34.3 Å². The summed E-state index contributed by atoms with van der Waals surface area (Å²) in [6.07, 6.45) is -7.64. The number of hydrogen-bond donors (Lipinski definition) is 0. The predicted molar refractivity (Wildman–Crippen MR) is 50.5 cm³/mol. The third kappa shape index (κ3) is 3.00. The van der Waals surface area contributed by atoms with Crippen LogP contribution in [0.4, 0.5) is 13.2 Å². The highest BCUT2D eigenvalue weighted by atomic mass is 35.5. The van der Waals surface area contributed by atoms with E-state index in [1.165, 1.54) is 12.1 Å². The zero-order chi connectivity index (χ0) is 11.6. The van der Waals surface area contributed by atoms with Crippen molar-refractivity contribution < 1.29 is 18.3 Å². The van der Waals surface area contributed by atoms with Crippen LogP contribution in [0.3, 0.4) is 0 Å². The number of halogens is 5. The van der Waals surface area contributed by atoms with E-state index in [1.807, 2.05) is 0 Å². The predicted octanol–water partition coefficient (Wildman–Crippen LogP) is 4.11. The van der Waals surface area contributed by atoms with Crippen LogP contribution in [0.25, 0.3) is 0 Å². The molecule has 0 N–H and O–H groups in total. The topological polar surface area (TPSA) is 19.9 Å². The first-order chi connectivity index (χ1) is 6.86. The Kier molecular flexibility index (Phi) is 3.87. The highest BCUT2D eigenvalue weighted by Gasteiger charge is 2.42. The van der Waals surface area contributed by atoms with Gasteiger partial charge in [0.25, 0.3) is 0 Å². The first-order valence-electron chi connectivity index (χ1n) is 3.93. The Morgan fingerprint density at radius 1 is 1.33 bits per heavy atom. The van der Waals surface area contributed by atoms with Crippen LogP contribution in [-0.2, 0) is 11.0 Å². The molecule has 1 nitrogen and oxygen atoms in total. The molecule has 0 aliphatic rings. The number of benzene rings is 1. The monoisotopic (exact) mass is 257 g/mol. The summed E-state index contributed by atoms with van der Waals surface area (Å²) >= 11 is 11.0. The van der Waals surface area contributed by atoms with Crippen LogP contribution in [0.15, 0.2) is 18.2 Å². The number of hydrogen-bond acceptors (Lipinski definition) is 0. The van der Waals surface area contributed by atoms with Crippen LogP contribution < -0.4 is 0 Å². The van der Waals surface area contributed by atoms with Gasteiger partial charge in [-0.05, 0) is 11.6 Å². The summed E-state index contributed by atoms with van der Waals surface area (Å²) in [4.78, 5) is 0. The van der Waals surface area contributed by atoms with E-state index in [9.17, 15) is 18.3 Å². The van der Waals surface area contributed by atoms with Crippen molar-refractivity contribution in [2.45, 2.75) is 18.2 Å². The molecule has 1 rings (SSSR count). The Bertz CT molecular complexity index is 352. The van der Waals surface area contributed by atoms with Crippen LogP contribution in [-0.4, -0.2) is 6.18 Å². The van der Waals surface area contributed by atoms with E-state index in [-0.39, 0.29) is 10.9 Å². The smallest absolute Gasteiger partial charge is 0.218 e. The van der Waals surface area contributed by atoms with E-state index < -0.39 is 17.8 Å². The largest absolute Gasteiger partial charge is 0.422 e. The summed E-state index contributed by atoms with van der Waals surface area (Å²) in [6, 6.07) is 3.68. The highest BCUT2D eigenvalue weighted by Crippen LogP contribution is 2.36. The lowest BCUT2D eigenvalue weighted by Crippen LogP contribution is -2.19. The average Bonchev–Trinajstić information content (AvgIpc) is 2.15. The van der Waals surface area contributed by atoms with E-state index in [0.717, 1.165) is 6.07 Å². The lowest BCUT2D eigenvalue weighted by atomic mass is 10.1. The summed E-state index contributed by atoms with van der Waals surface area (Å²) < 4.78 is 36.3. The van der Waals surface area contributed by atoms with E-state index in [0.29, 0.717) is 5.56 Å². The second-order valence-corrected chi connectivity index (χ2v) is 3.59. The summed E-state index contributed by atoms with van der Waals surface area (Å²) in [5.74, 6) is 0.134. The van der Waals surface area contributed by atoms with E-state index in [2.05, 4.69) is 0 Å². The molecule has 0 amide bonds. The first kappa shape index (κ1) is 12.6. The molecule has 0 heterocycles. The second kappa shape index (κ2) is 4.60. The molecule has 0 fully saturated rings. The maximum Gasteiger partial charge on any atom is 0.422 e. The van der Waals surface area contributed by atoms with Crippen LogP contribution in [0.2, 0.25) is 5.02 Å². The lowest BCUT2D eigenvalue weighted by molar-refractivity contribution is -0.225. The molecule has 0 bridgehead atoms. The van der Waals surface area contributed by atoms with Crippen molar-refractivity contribution in [2.24, 2.45) is 0 Å². The minimum absolute atomic E-state index is 0.134. The van der Waals surface area contributed by atoms with Crippen molar-refractivity contribution >= 4 is 23.2 Å². The zero-order valence-electron chi connectivity index (χ0n) is 7.31. The van der Waals surface area contributed by atoms with Gasteiger partial charge in [0.2, 0.25) is 6.10 Å². The SMILES string of the molecule is [O]C(c1ccc(CCl)cc1Cl)C(F)(F)F. The lowest BCUT2D eigenvalue weighted by Gasteiger charge is -2.14. The molecular formula is C9H6Cl2F3O. The van der Waals surface area contributed by atoms with Crippen molar-refractivity contribution in [3.8, 4) is 0 Å². The van der Waals surface area contributed by atoms with Gasteiger partial charge in [-0.25, -0.2) is 5.11 Å². The molecule has 0 aliphatic heterocycles. The van der Waals surface area contributed by atoms with Crippen molar-refractivity contribution in [1.29, 1.82) is 0 Å². The van der Waals surface area contributed by atoms with Gasteiger partial charge in [-0.1, -0.05) is 23.7 Å². The Balaban J connectivity index is 3.06. The molecule has 1 unspecified atom stereocenters. The van der Waals surface area contributed by atoms with Gasteiger partial charge < -0.3 is 0 Å². The van der Waals surface area contributed by atoms with Crippen molar-refractivity contribution in [1.82, 2.24) is 0 Å². The van der Waals surface area contributed by atoms with Crippen LogP contribution in [0.1, 0.15) is 17.2 Å². The van der Waals surface area contributed by atoms with E-state index in [1.54, 1.807) is 0 Å². The molecule has 6 heteroatoms.